The number of anilines is 1. The smallest absolute Gasteiger partial charge is 0.263 e. The zero-order chi connectivity index (χ0) is 13.4. The summed E-state index contributed by atoms with van der Waals surface area (Å²) in [7, 11) is 0. The molecule has 0 aromatic heterocycles. The highest BCUT2D eigenvalue weighted by Gasteiger charge is 2.31. The molecule has 0 N–H and O–H groups in total. The predicted molar refractivity (Wildman–Crippen MR) is 80.5 cm³/mol. The summed E-state index contributed by atoms with van der Waals surface area (Å²) in [5, 5.41) is 0. The van der Waals surface area contributed by atoms with E-state index in [1.54, 1.807) is 16.7 Å². The highest BCUT2D eigenvalue weighted by Crippen LogP contribution is 2.35. The maximum absolute atomic E-state index is 12.4. The lowest BCUT2D eigenvalue weighted by Gasteiger charge is -2.17. The molecule has 3 rings (SSSR count). The van der Waals surface area contributed by atoms with E-state index in [4.69, 9.17) is 0 Å². The molecule has 0 unspecified atom stereocenters. The van der Waals surface area contributed by atoms with Gasteiger partial charge in [0.05, 0.1) is 5.70 Å². The molecular weight excluding hydrogens is 254 g/mol. The van der Waals surface area contributed by atoms with Crippen molar-refractivity contribution in [3.63, 3.8) is 0 Å². The summed E-state index contributed by atoms with van der Waals surface area (Å²) in [4.78, 5) is 15.3. The Kier molecular flexibility index (Phi) is 2.91. The fourth-order valence-electron chi connectivity index (χ4n) is 2.29. The minimum Gasteiger partial charge on any atom is -0.277 e. The Morgan fingerprint density at radius 2 is 1.63 bits per heavy atom. The van der Waals surface area contributed by atoms with Crippen LogP contribution in [0.5, 0.6) is 0 Å². The summed E-state index contributed by atoms with van der Waals surface area (Å²) in [6, 6.07) is 15.5. The Morgan fingerprint density at radius 3 is 2.21 bits per heavy atom. The van der Waals surface area contributed by atoms with Crippen LogP contribution >= 0.6 is 11.8 Å². The third kappa shape index (κ3) is 1.87. The number of nitrogens with zero attached hydrogens (tertiary/aromatic N) is 1. The average Bonchev–Trinajstić information content (AvgIpc) is 2.72. The molecule has 94 valence electrons. The quantitative estimate of drug-likeness (QED) is 0.765. The molecule has 0 atom stereocenters. The van der Waals surface area contributed by atoms with Crippen molar-refractivity contribution in [1.29, 1.82) is 0 Å². The van der Waals surface area contributed by atoms with E-state index in [1.807, 2.05) is 54.8 Å². The van der Waals surface area contributed by atoms with Crippen LogP contribution in [0.2, 0.25) is 0 Å². The average molecular weight is 267 g/mol. The first-order valence-electron chi connectivity index (χ1n) is 5.99. The Labute approximate surface area is 116 Å². The molecule has 1 heterocycles. The van der Waals surface area contributed by atoms with Crippen molar-refractivity contribution < 1.29 is 4.79 Å². The molecule has 2 nitrogen and oxygen atoms in total. The molecule has 19 heavy (non-hydrogen) atoms. The Bertz CT molecular complexity index is 626. The van der Waals surface area contributed by atoms with Gasteiger partial charge in [0, 0.05) is 21.7 Å². The molecule has 0 aliphatic carbocycles. The zero-order valence-electron chi connectivity index (χ0n) is 10.6. The van der Waals surface area contributed by atoms with E-state index in [9.17, 15) is 4.79 Å². The zero-order valence-corrected chi connectivity index (χ0v) is 11.4. The molecule has 0 radical (unpaired) electrons. The Hall–Kier alpha value is -2.00. The van der Waals surface area contributed by atoms with Crippen molar-refractivity contribution in [1.82, 2.24) is 0 Å². The van der Waals surface area contributed by atoms with Gasteiger partial charge in [0.15, 0.2) is 0 Å². The van der Waals surface area contributed by atoms with Crippen LogP contribution in [0.3, 0.4) is 0 Å². The number of carbonyl (C=O) groups excluding carboxylic acids is 1. The van der Waals surface area contributed by atoms with Crippen LogP contribution in [-0.2, 0) is 0 Å². The number of carbonyl (C=O) groups is 1. The number of hydrogen-bond acceptors (Lipinski definition) is 2. The van der Waals surface area contributed by atoms with E-state index in [1.165, 1.54) is 4.90 Å². The van der Waals surface area contributed by atoms with Crippen LogP contribution in [-0.4, -0.2) is 12.2 Å². The van der Waals surface area contributed by atoms with Gasteiger partial charge in [-0.15, -0.1) is 11.8 Å². The molecule has 0 spiro atoms. The SMILES string of the molecule is C=C1c2ccccc2C(=O)N1c1ccc(SC)cc1. The third-order valence-electron chi connectivity index (χ3n) is 3.27. The maximum Gasteiger partial charge on any atom is 0.263 e. The number of fused-ring (bicyclic) bond motifs is 1. The van der Waals surface area contributed by atoms with E-state index < -0.39 is 0 Å². The second kappa shape index (κ2) is 4.59. The van der Waals surface area contributed by atoms with Gasteiger partial charge >= 0.3 is 0 Å². The van der Waals surface area contributed by atoms with E-state index in [2.05, 4.69) is 6.58 Å². The molecule has 2 aromatic rings. The number of hydrogen-bond donors (Lipinski definition) is 0. The minimum absolute atomic E-state index is 0.00231. The van der Waals surface area contributed by atoms with Crippen LogP contribution in [0, 0.1) is 0 Å². The maximum atomic E-state index is 12.4. The monoisotopic (exact) mass is 267 g/mol. The number of benzene rings is 2. The van der Waals surface area contributed by atoms with Gasteiger partial charge in [0.1, 0.15) is 0 Å². The molecule has 1 amide bonds. The van der Waals surface area contributed by atoms with Crippen LogP contribution in [0.25, 0.3) is 5.70 Å². The topological polar surface area (TPSA) is 20.3 Å². The largest absolute Gasteiger partial charge is 0.277 e. The third-order valence-corrected chi connectivity index (χ3v) is 4.02. The standard InChI is InChI=1S/C16H13NOS/c1-11-14-5-3-4-6-15(14)16(18)17(11)12-7-9-13(19-2)10-8-12/h3-10H,1H2,2H3. The molecule has 1 aliphatic rings. The minimum atomic E-state index is -0.00231. The second-order valence-corrected chi connectivity index (χ2v) is 5.21. The summed E-state index contributed by atoms with van der Waals surface area (Å²) in [6.45, 7) is 4.05. The van der Waals surface area contributed by atoms with Crippen molar-refractivity contribution in [2.45, 2.75) is 4.90 Å². The molecule has 0 saturated carbocycles. The molecule has 2 aromatic carbocycles. The highest BCUT2D eigenvalue weighted by atomic mass is 32.2. The molecule has 0 saturated heterocycles. The molecule has 0 bridgehead atoms. The molecular formula is C16H13NOS. The fourth-order valence-corrected chi connectivity index (χ4v) is 2.70. The molecule has 0 fully saturated rings. The number of thioether (sulfide) groups is 1. The predicted octanol–water partition coefficient (Wildman–Crippen LogP) is 4.04. The highest BCUT2D eigenvalue weighted by molar-refractivity contribution is 7.98. The van der Waals surface area contributed by atoms with Gasteiger partial charge in [-0.25, -0.2) is 0 Å². The van der Waals surface area contributed by atoms with Crippen molar-refractivity contribution in [2.75, 3.05) is 11.2 Å². The van der Waals surface area contributed by atoms with Crippen LogP contribution < -0.4 is 4.90 Å². The van der Waals surface area contributed by atoms with Crippen LogP contribution in [0.4, 0.5) is 5.69 Å². The van der Waals surface area contributed by atoms with Crippen molar-refractivity contribution >= 4 is 29.1 Å². The summed E-state index contributed by atoms with van der Waals surface area (Å²) in [5.41, 5.74) is 3.25. The lowest BCUT2D eigenvalue weighted by atomic mass is 10.1. The Balaban J connectivity index is 2.03. The normalized spacial score (nSPS) is 13.8. The fraction of sp³-hybridized carbons (Fsp3) is 0.0625. The summed E-state index contributed by atoms with van der Waals surface area (Å²) >= 11 is 1.68. The van der Waals surface area contributed by atoms with Crippen molar-refractivity contribution in [3.8, 4) is 0 Å². The van der Waals surface area contributed by atoms with Crippen LogP contribution in [0.15, 0.2) is 60.0 Å². The second-order valence-electron chi connectivity index (χ2n) is 4.33. The van der Waals surface area contributed by atoms with Gasteiger partial charge in [0.25, 0.3) is 5.91 Å². The van der Waals surface area contributed by atoms with E-state index in [0.717, 1.165) is 22.5 Å². The van der Waals surface area contributed by atoms with Gasteiger partial charge in [-0.2, -0.15) is 0 Å². The van der Waals surface area contributed by atoms with Gasteiger partial charge in [0.2, 0.25) is 0 Å². The first-order valence-corrected chi connectivity index (χ1v) is 7.21. The van der Waals surface area contributed by atoms with E-state index in [-0.39, 0.29) is 5.91 Å². The van der Waals surface area contributed by atoms with Gasteiger partial charge in [-0.05, 0) is 36.6 Å². The van der Waals surface area contributed by atoms with Crippen molar-refractivity contribution in [2.24, 2.45) is 0 Å². The van der Waals surface area contributed by atoms with Crippen molar-refractivity contribution in [3.05, 3.63) is 66.2 Å². The summed E-state index contributed by atoms with van der Waals surface area (Å²) in [6.07, 6.45) is 2.03. The summed E-state index contributed by atoms with van der Waals surface area (Å²) in [5.74, 6) is -0.00231. The number of rotatable bonds is 2. The van der Waals surface area contributed by atoms with E-state index >= 15 is 0 Å². The van der Waals surface area contributed by atoms with Gasteiger partial charge in [-0.3, -0.25) is 9.69 Å². The molecule has 3 heteroatoms. The van der Waals surface area contributed by atoms with E-state index in [0.29, 0.717) is 0 Å². The van der Waals surface area contributed by atoms with Gasteiger partial charge < -0.3 is 0 Å². The van der Waals surface area contributed by atoms with Crippen LogP contribution in [0.1, 0.15) is 15.9 Å². The summed E-state index contributed by atoms with van der Waals surface area (Å²) < 4.78 is 0. The lowest BCUT2D eigenvalue weighted by molar-refractivity contribution is 0.101. The first kappa shape index (κ1) is 12.1. The number of amides is 1. The molecule has 1 aliphatic heterocycles. The Morgan fingerprint density at radius 1 is 1.00 bits per heavy atom. The first-order chi connectivity index (χ1) is 9.22. The van der Waals surface area contributed by atoms with Gasteiger partial charge in [-0.1, -0.05) is 24.8 Å². The lowest BCUT2D eigenvalue weighted by Crippen LogP contribution is -2.21.